The zero-order valence-electron chi connectivity index (χ0n) is 17.2. The summed E-state index contributed by atoms with van der Waals surface area (Å²) in [6.07, 6.45) is -1.88. The Labute approximate surface area is 186 Å². The molecule has 2 N–H and O–H groups in total. The fourth-order valence-corrected chi connectivity index (χ4v) is 3.88. The number of benzene rings is 2. The van der Waals surface area contributed by atoms with E-state index in [2.05, 4.69) is 15.3 Å². The van der Waals surface area contributed by atoms with Crippen LogP contribution in [0.2, 0.25) is 0 Å². The summed E-state index contributed by atoms with van der Waals surface area (Å²) in [6.45, 7) is 0. The lowest BCUT2D eigenvalue weighted by atomic mass is 10.0. The molecule has 0 spiro atoms. The van der Waals surface area contributed by atoms with E-state index in [4.69, 9.17) is 9.56 Å². The third kappa shape index (κ3) is 4.96. The van der Waals surface area contributed by atoms with Gasteiger partial charge in [-0.3, -0.25) is 4.68 Å². The lowest BCUT2D eigenvalue weighted by Crippen LogP contribution is -2.11. The quantitative estimate of drug-likeness (QED) is 0.454. The van der Waals surface area contributed by atoms with Crippen LogP contribution in [0.25, 0.3) is 22.9 Å². The van der Waals surface area contributed by atoms with E-state index in [1.165, 1.54) is 30.3 Å². The number of alkyl halides is 3. The molecule has 2 aromatic heterocycles. The van der Waals surface area contributed by atoms with Gasteiger partial charge < -0.3 is 4.42 Å². The van der Waals surface area contributed by atoms with Gasteiger partial charge in [0.1, 0.15) is 0 Å². The van der Waals surface area contributed by atoms with Crippen LogP contribution >= 0.6 is 0 Å². The van der Waals surface area contributed by atoms with Gasteiger partial charge in [-0.1, -0.05) is 18.2 Å². The number of halogens is 3. The molecule has 0 amide bonds. The topological polar surface area (TPSA) is 117 Å². The van der Waals surface area contributed by atoms with Crippen LogP contribution in [0.1, 0.15) is 16.8 Å². The standard InChI is InChI=1S/C21H18F3N5O3S/c1-29-18(10-7-13-5-8-15(9-6-13)21(22,23)24)17(12-26-29)20-28-27-19(32-20)14-3-2-4-16(11-14)33(25,30)31/h2-6,8-9,11-12H,7,10H2,1H3,(H2,25,30,31). The van der Waals surface area contributed by atoms with Gasteiger partial charge in [-0.15, -0.1) is 10.2 Å². The number of nitrogens with two attached hydrogens (primary N) is 1. The van der Waals surface area contributed by atoms with Gasteiger partial charge in [0.25, 0.3) is 5.89 Å². The van der Waals surface area contributed by atoms with Crippen LogP contribution in [0.15, 0.2) is 64.0 Å². The Morgan fingerprint density at radius 3 is 2.39 bits per heavy atom. The third-order valence-electron chi connectivity index (χ3n) is 5.06. The van der Waals surface area contributed by atoms with E-state index in [1.807, 2.05) is 0 Å². The summed E-state index contributed by atoms with van der Waals surface area (Å²) in [5.74, 6) is 0.287. The summed E-state index contributed by atoms with van der Waals surface area (Å²) in [5.41, 5.74) is 1.75. The predicted molar refractivity (Wildman–Crippen MR) is 112 cm³/mol. The molecule has 0 saturated heterocycles. The maximum Gasteiger partial charge on any atom is 0.416 e. The maximum atomic E-state index is 12.8. The molecule has 4 rings (SSSR count). The van der Waals surface area contributed by atoms with Crippen molar-refractivity contribution in [2.45, 2.75) is 23.9 Å². The fourth-order valence-electron chi connectivity index (χ4n) is 3.32. The largest absolute Gasteiger partial charge is 0.416 e. The first-order chi connectivity index (χ1) is 15.5. The predicted octanol–water partition coefficient (Wildman–Crippen LogP) is 3.59. The van der Waals surface area contributed by atoms with E-state index >= 15 is 0 Å². The van der Waals surface area contributed by atoms with Gasteiger partial charge in [0.2, 0.25) is 15.9 Å². The third-order valence-corrected chi connectivity index (χ3v) is 5.97. The van der Waals surface area contributed by atoms with Crippen molar-refractivity contribution < 1.29 is 26.0 Å². The van der Waals surface area contributed by atoms with Gasteiger partial charge in [-0.25, -0.2) is 13.6 Å². The van der Waals surface area contributed by atoms with Gasteiger partial charge in [-0.05, 0) is 48.7 Å². The second-order valence-corrected chi connectivity index (χ2v) is 8.87. The number of rotatable bonds is 6. The van der Waals surface area contributed by atoms with E-state index in [0.29, 0.717) is 24.0 Å². The molecule has 12 heteroatoms. The zero-order valence-corrected chi connectivity index (χ0v) is 18.1. The molecule has 2 aromatic carbocycles. The number of primary sulfonamides is 1. The molecule has 172 valence electrons. The lowest BCUT2D eigenvalue weighted by Gasteiger charge is -2.08. The van der Waals surface area contributed by atoms with E-state index < -0.39 is 21.8 Å². The number of aryl methyl sites for hydroxylation is 2. The van der Waals surface area contributed by atoms with Crippen molar-refractivity contribution in [1.82, 2.24) is 20.0 Å². The van der Waals surface area contributed by atoms with Gasteiger partial charge in [0.15, 0.2) is 0 Å². The Morgan fingerprint density at radius 2 is 1.73 bits per heavy atom. The average Bonchev–Trinajstić information content (AvgIpc) is 3.38. The van der Waals surface area contributed by atoms with Crippen LogP contribution < -0.4 is 5.14 Å². The highest BCUT2D eigenvalue weighted by atomic mass is 32.2. The molecular weight excluding hydrogens is 459 g/mol. The van der Waals surface area contributed by atoms with Crippen LogP contribution in [0.4, 0.5) is 13.2 Å². The molecule has 0 saturated carbocycles. The van der Waals surface area contributed by atoms with Crippen LogP contribution in [0.5, 0.6) is 0 Å². The summed E-state index contributed by atoms with van der Waals surface area (Å²) >= 11 is 0. The molecular formula is C21H18F3N5O3S. The number of nitrogens with zero attached hydrogens (tertiary/aromatic N) is 4. The fraction of sp³-hybridized carbons (Fsp3) is 0.190. The first-order valence-electron chi connectivity index (χ1n) is 9.66. The second kappa shape index (κ2) is 8.45. The van der Waals surface area contributed by atoms with Gasteiger partial charge in [0.05, 0.1) is 27.9 Å². The average molecular weight is 477 g/mol. The van der Waals surface area contributed by atoms with E-state index in [-0.39, 0.29) is 16.7 Å². The molecule has 0 aliphatic carbocycles. The molecule has 0 aliphatic rings. The van der Waals surface area contributed by atoms with Gasteiger partial charge in [-0.2, -0.15) is 18.3 Å². The van der Waals surface area contributed by atoms with E-state index in [0.717, 1.165) is 23.4 Å². The van der Waals surface area contributed by atoms with Crippen molar-refractivity contribution in [1.29, 1.82) is 0 Å². The molecule has 0 bridgehead atoms. The number of aromatic nitrogens is 4. The van der Waals surface area contributed by atoms with Crippen LogP contribution in [0, 0.1) is 0 Å². The zero-order chi connectivity index (χ0) is 23.8. The van der Waals surface area contributed by atoms with Crippen molar-refractivity contribution in [3.8, 4) is 22.9 Å². The highest BCUT2D eigenvalue weighted by molar-refractivity contribution is 7.89. The lowest BCUT2D eigenvalue weighted by molar-refractivity contribution is -0.137. The Bertz CT molecular complexity index is 1390. The maximum absolute atomic E-state index is 12.8. The molecule has 0 unspecified atom stereocenters. The monoisotopic (exact) mass is 477 g/mol. The molecule has 33 heavy (non-hydrogen) atoms. The van der Waals surface area contributed by atoms with E-state index in [1.54, 1.807) is 24.0 Å². The first-order valence-corrected chi connectivity index (χ1v) is 11.2. The summed E-state index contributed by atoms with van der Waals surface area (Å²) < 4.78 is 68.8. The molecule has 0 radical (unpaired) electrons. The molecule has 2 heterocycles. The summed E-state index contributed by atoms with van der Waals surface area (Å²) in [6, 6.07) is 10.8. The highest BCUT2D eigenvalue weighted by Gasteiger charge is 2.30. The number of hydrogen-bond donors (Lipinski definition) is 1. The van der Waals surface area contributed by atoms with Crippen molar-refractivity contribution in [2.24, 2.45) is 12.2 Å². The van der Waals surface area contributed by atoms with Crippen molar-refractivity contribution in [2.75, 3.05) is 0 Å². The smallest absolute Gasteiger partial charge is 0.416 e. The minimum absolute atomic E-state index is 0.0849. The number of sulfonamides is 1. The van der Waals surface area contributed by atoms with E-state index in [9.17, 15) is 21.6 Å². The van der Waals surface area contributed by atoms with Crippen LogP contribution in [0.3, 0.4) is 0 Å². The number of hydrogen-bond acceptors (Lipinski definition) is 6. The minimum Gasteiger partial charge on any atom is -0.416 e. The summed E-state index contributed by atoms with van der Waals surface area (Å²) in [7, 11) is -2.16. The molecule has 0 aliphatic heterocycles. The SMILES string of the molecule is Cn1ncc(-c2nnc(-c3cccc(S(N)(=O)=O)c3)o2)c1CCc1ccc(C(F)(F)F)cc1. The molecule has 4 aromatic rings. The molecule has 0 fully saturated rings. The van der Waals surface area contributed by atoms with Gasteiger partial charge >= 0.3 is 6.18 Å². The van der Waals surface area contributed by atoms with Crippen molar-refractivity contribution in [3.63, 3.8) is 0 Å². The Morgan fingerprint density at radius 1 is 1.03 bits per heavy atom. The van der Waals surface area contributed by atoms with Crippen LogP contribution in [-0.4, -0.2) is 28.4 Å². The van der Waals surface area contributed by atoms with Crippen LogP contribution in [-0.2, 0) is 36.1 Å². The Kier molecular flexibility index (Phi) is 5.80. The Hall–Kier alpha value is -3.51. The second-order valence-electron chi connectivity index (χ2n) is 7.31. The summed E-state index contributed by atoms with van der Waals surface area (Å²) in [4.78, 5) is -0.0849. The summed E-state index contributed by atoms with van der Waals surface area (Å²) in [5, 5.41) is 17.4. The normalized spacial score (nSPS) is 12.3. The highest BCUT2D eigenvalue weighted by Crippen LogP contribution is 2.30. The van der Waals surface area contributed by atoms with Crippen molar-refractivity contribution >= 4 is 10.0 Å². The molecule has 8 nitrogen and oxygen atoms in total. The van der Waals surface area contributed by atoms with Crippen molar-refractivity contribution in [3.05, 3.63) is 71.5 Å². The van der Waals surface area contributed by atoms with Gasteiger partial charge in [0, 0.05) is 12.6 Å². The minimum atomic E-state index is -4.38. The first kappa shape index (κ1) is 22.7. The Balaban J connectivity index is 1.56. The molecule has 0 atom stereocenters.